The van der Waals surface area contributed by atoms with Crippen LogP contribution in [-0.4, -0.2) is 11.1 Å². The average molecular weight is 315 g/mol. The Labute approximate surface area is 124 Å². The number of carbonyl (C=O) groups is 1. The maximum atomic E-state index is 13.1. The third-order valence-corrected chi connectivity index (χ3v) is 3.24. The molecule has 0 atom stereocenters. The highest BCUT2D eigenvalue weighted by atomic mass is 35.5. The van der Waals surface area contributed by atoms with Crippen LogP contribution >= 0.6 is 23.2 Å². The van der Waals surface area contributed by atoms with Gasteiger partial charge in [-0.25, -0.2) is 9.18 Å². The van der Waals surface area contributed by atoms with Crippen molar-refractivity contribution >= 4 is 29.2 Å². The molecule has 2 rings (SSSR count). The van der Waals surface area contributed by atoms with E-state index >= 15 is 0 Å². The van der Waals surface area contributed by atoms with E-state index in [0.29, 0.717) is 10.6 Å². The molecule has 0 saturated heterocycles. The maximum Gasteiger partial charge on any atom is 0.339 e. The van der Waals surface area contributed by atoms with Gasteiger partial charge in [0.15, 0.2) is 5.75 Å². The molecule has 0 saturated carbocycles. The lowest BCUT2D eigenvalue weighted by atomic mass is 10.2. The summed E-state index contributed by atoms with van der Waals surface area (Å²) in [5.41, 5.74) is 0.341. The van der Waals surface area contributed by atoms with Crippen LogP contribution in [0.3, 0.4) is 0 Å². The number of carboxylic acid groups (broad SMARTS) is 1. The first-order chi connectivity index (χ1) is 9.49. The second-order valence-corrected chi connectivity index (χ2v) is 4.76. The fourth-order valence-corrected chi connectivity index (χ4v) is 2.03. The Morgan fingerprint density at radius 3 is 2.65 bits per heavy atom. The lowest BCUT2D eigenvalue weighted by Gasteiger charge is -2.11. The van der Waals surface area contributed by atoms with Gasteiger partial charge < -0.3 is 9.84 Å². The van der Waals surface area contributed by atoms with E-state index in [1.807, 2.05) is 0 Å². The molecule has 0 heterocycles. The predicted octanol–water partition coefficient (Wildman–Crippen LogP) is 4.41. The smallest absolute Gasteiger partial charge is 0.339 e. The molecule has 0 spiro atoms. The van der Waals surface area contributed by atoms with Gasteiger partial charge in [-0.15, -0.1) is 0 Å². The molecule has 0 unspecified atom stereocenters. The van der Waals surface area contributed by atoms with E-state index in [-0.39, 0.29) is 22.9 Å². The summed E-state index contributed by atoms with van der Waals surface area (Å²) in [4.78, 5) is 11.1. The van der Waals surface area contributed by atoms with E-state index in [9.17, 15) is 9.18 Å². The first kappa shape index (κ1) is 14.6. The molecule has 2 aromatic rings. The molecule has 3 nitrogen and oxygen atoms in total. The van der Waals surface area contributed by atoms with Crippen molar-refractivity contribution in [3.8, 4) is 5.75 Å². The molecule has 0 fully saturated rings. The minimum atomic E-state index is -1.16. The van der Waals surface area contributed by atoms with E-state index in [1.165, 1.54) is 36.4 Å². The van der Waals surface area contributed by atoms with E-state index in [1.54, 1.807) is 0 Å². The number of hydrogen-bond acceptors (Lipinski definition) is 2. The zero-order valence-corrected chi connectivity index (χ0v) is 11.6. The van der Waals surface area contributed by atoms with Gasteiger partial charge >= 0.3 is 5.97 Å². The van der Waals surface area contributed by atoms with Gasteiger partial charge in [0.1, 0.15) is 18.0 Å². The van der Waals surface area contributed by atoms with Crippen LogP contribution in [0.2, 0.25) is 10.0 Å². The number of halogens is 3. The molecule has 0 aliphatic carbocycles. The van der Waals surface area contributed by atoms with Crippen LogP contribution in [0, 0.1) is 5.82 Å². The van der Waals surface area contributed by atoms with Crippen molar-refractivity contribution in [2.75, 3.05) is 0 Å². The Balaban J connectivity index is 2.27. The van der Waals surface area contributed by atoms with Gasteiger partial charge in [0.25, 0.3) is 0 Å². The summed E-state index contributed by atoms with van der Waals surface area (Å²) in [6.45, 7) is -0.0827. The highest BCUT2D eigenvalue weighted by molar-refractivity contribution is 6.32. The fraction of sp³-hybridized carbons (Fsp3) is 0.0714. The molecule has 6 heteroatoms. The van der Waals surface area contributed by atoms with Gasteiger partial charge in [-0.05, 0) is 30.3 Å². The van der Waals surface area contributed by atoms with Crippen molar-refractivity contribution in [1.29, 1.82) is 0 Å². The summed E-state index contributed by atoms with van der Waals surface area (Å²) in [7, 11) is 0. The summed E-state index contributed by atoms with van der Waals surface area (Å²) < 4.78 is 18.5. The zero-order chi connectivity index (χ0) is 14.7. The standard InChI is InChI=1S/C14H9Cl2FO3/c15-11-5-4-9(17)6-8(11)7-20-13-10(14(18)19)2-1-3-12(13)16/h1-6H,7H2,(H,18,19). The average Bonchev–Trinajstić information content (AvgIpc) is 2.40. The minimum absolute atomic E-state index is 0.0296. The number of carboxylic acids is 1. The van der Waals surface area contributed by atoms with Crippen LogP contribution in [0.25, 0.3) is 0 Å². The minimum Gasteiger partial charge on any atom is -0.486 e. The Hall–Kier alpha value is -1.78. The zero-order valence-electron chi connectivity index (χ0n) is 10.1. The number of benzene rings is 2. The molecule has 2 aromatic carbocycles. The van der Waals surface area contributed by atoms with Crippen molar-refractivity contribution in [3.63, 3.8) is 0 Å². The monoisotopic (exact) mass is 314 g/mol. The molecule has 0 aliphatic heterocycles. The fourth-order valence-electron chi connectivity index (χ4n) is 1.63. The van der Waals surface area contributed by atoms with Crippen LogP contribution in [0.5, 0.6) is 5.75 Å². The number of hydrogen-bond donors (Lipinski definition) is 1. The molecule has 0 bridgehead atoms. The third-order valence-electron chi connectivity index (χ3n) is 2.58. The van der Waals surface area contributed by atoms with Gasteiger partial charge in [0.2, 0.25) is 0 Å². The lowest BCUT2D eigenvalue weighted by molar-refractivity contribution is 0.0691. The second-order valence-electron chi connectivity index (χ2n) is 3.95. The highest BCUT2D eigenvalue weighted by Gasteiger charge is 2.15. The SMILES string of the molecule is O=C(O)c1cccc(Cl)c1OCc1cc(F)ccc1Cl. The van der Waals surface area contributed by atoms with Gasteiger partial charge in [-0.3, -0.25) is 0 Å². The van der Waals surface area contributed by atoms with Crippen molar-refractivity contribution < 1.29 is 19.0 Å². The van der Waals surface area contributed by atoms with Gasteiger partial charge in [-0.1, -0.05) is 29.3 Å². The molecule has 0 radical (unpaired) electrons. The van der Waals surface area contributed by atoms with Crippen LogP contribution in [-0.2, 0) is 6.61 Å². The summed E-state index contributed by atoms with van der Waals surface area (Å²) >= 11 is 11.8. The molecular formula is C14H9Cl2FO3. The normalized spacial score (nSPS) is 10.3. The number of aromatic carboxylic acids is 1. The topological polar surface area (TPSA) is 46.5 Å². The first-order valence-electron chi connectivity index (χ1n) is 5.57. The number of rotatable bonds is 4. The van der Waals surface area contributed by atoms with Crippen molar-refractivity contribution in [3.05, 3.63) is 63.4 Å². The number of para-hydroxylation sites is 1. The maximum absolute atomic E-state index is 13.1. The summed E-state index contributed by atoms with van der Waals surface area (Å²) in [5, 5.41) is 9.55. The molecule has 0 aliphatic rings. The molecule has 20 heavy (non-hydrogen) atoms. The van der Waals surface area contributed by atoms with Gasteiger partial charge in [-0.2, -0.15) is 0 Å². The van der Waals surface area contributed by atoms with Crippen molar-refractivity contribution in [1.82, 2.24) is 0 Å². The Kier molecular flexibility index (Phi) is 4.47. The molecule has 0 aromatic heterocycles. The van der Waals surface area contributed by atoms with Crippen LogP contribution < -0.4 is 4.74 Å². The summed E-state index contributed by atoms with van der Waals surface area (Å²) in [6, 6.07) is 8.24. The van der Waals surface area contributed by atoms with Crippen LogP contribution in [0.15, 0.2) is 36.4 Å². The predicted molar refractivity (Wildman–Crippen MR) is 74.2 cm³/mol. The van der Waals surface area contributed by atoms with Gasteiger partial charge in [0.05, 0.1) is 5.02 Å². The van der Waals surface area contributed by atoms with E-state index in [2.05, 4.69) is 0 Å². The Bertz CT molecular complexity index is 659. The third kappa shape index (κ3) is 3.21. The first-order valence-corrected chi connectivity index (χ1v) is 6.33. The lowest BCUT2D eigenvalue weighted by Crippen LogP contribution is -2.04. The largest absolute Gasteiger partial charge is 0.486 e. The van der Waals surface area contributed by atoms with E-state index < -0.39 is 11.8 Å². The summed E-state index contributed by atoms with van der Waals surface area (Å²) in [6.07, 6.45) is 0. The number of ether oxygens (including phenoxy) is 1. The summed E-state index contributed by atoms with van der Waals surface area (Å²) in [5.74, 6) is -1.58. The quantitative estimate of drug-likeness (QED) is 0.909. The van der Waals surface area contributed by atoms with Crippen LogP contribution in [0.4, 0.5) is 4.39 Å². The highest BCUT2D eigenvalue weighted by Crippen LogP contribution is 2.30. The molecule has 1 N–H and O–H groups in total. The van der Waals surface area contributed by atoms with Crippen molar-refractivity contribution in [2.24, 2.45) is 0 Å². The molecule has 0 amide bonds. The Morgan fingerprint density at radius 1 is 1.20 bits per heavy atom. The molecular weight excluding hydrogens is 306 g/mol. The Morgan fingerprint density at radius 2 is 1.95 bits per heavy atom. The van der Waals surface area contributed by atoms with Crippen LogP contribution in [0.1, 0.15) is 15.9 Å². The van der Waals surface area contributed by atoms with Crippen molar-refractivity contribution in [2.45, 2.75) is 6.61 Å². The molecule has 104 valence electrons. The van der Waals surface area contributed by atoms with E-state index in [0.717, 1.165) is 0 Å². The van der Waals surface area contributed by atoms with Gasteiger partial charge in [0, 0.05) is 10.6 Å². The second kappa shape index (κ2) is 6.11. The van der Waals surface area contributed by atoms with E-state index in [4.69, 9.17) is 33.0 Å².